The smallest absolute Gasteiger partial charge is 0.0263 e. The lowest BCUT2D eigenvalue weighted by Gasteiger charge is -1.78. The van der Waals surface area contributed by atoms with Crippen molar-refractivity contribution in [3.8, 4) is 0 Å². The third-order valence-corrected chi connectivity index (χ3v) is 1.71. The van der Waals surface area contributed by atoms with Crippen molar-refractivity contribution >= 4 is 6.21 Å². The second kappa shape index (κ2) is 14.1. The Morgan fingerprint density at radius 1 is 0.706 bits per heavy atom. The Labute approximate surface area is 105 Å². The molecule has 0 heterocycles. The first-order chi connectivity index (χ1) is 8.41. The summed E-state index contributed by atoms with van der Waals surface area (Å²) in [6, 6.07) is 0. The van der Waals surface area contributed by atoms with Gasteiger partial charge in [0.15, 0.2) is 0 Å². The van der Waals surface area contributed by atoms with Gasteiger partial charge in [0.1, 0.15) is 0 Å². The molecule has 0 aliphatic rings. The molecule has 0 radical (unpaired) electrons. The molecule has 0 aromatic rings. The summed E-state index contributed by atoms with van der Waals surface area (Å²) in [5.41, 5.74) is 0. The minimum absolute atomic E-state index is 0.850. The van der Waals surface area contributed by atoms with E-state index in [1.807, 2.05) is 80.8 Å². The largest absolute Gasteiger partial charge is 0.269 e. The van der Waals surface area contributed by atoms with Crippen LogP contribution in [-0.2, 0) is 0 Å². The first-order valence-electron chi connectivity index (χ1n) is 5.82. The van der Waals surface area contributed by atoms with Crippen molar-refractivity contribution in [3.63, 3.8) is 0 Å². The normalized spacial score (nSPS) is 14.2. The first kappa shape index (κ1) is 15.1. The molecule has 0 aliphatic carbocycles. The second-order valence-electron chi connectivity index (χ2n) is 3.16. The molecule has 0 fully saturated rings. The fourth-order valence-corrected chi connectivity index (χ4v) is 0.918. The summed E-state index contributed by atoms with van der Waals surface area (Å²) in [7, 11) is 0. The Kier molecular flexibility index (Phi) is 12.5. The van der Waals surface area contributed by atoms with Gasteiger partial charge in [0.2, 0.25) is 0 Å². The highest BCUT2D eigenvalue weighted by atomic mass is 14.7. The standard InChI is InChI=1S/C16H21N/c1-3-5-7-9-10-12-14-16-17-15-13-11-8-6-4-2/h3-13,15-16H,14H2,1-2H3. The van der Waals surface area contributed by atoms with Crippen molar-refractivity contribution in [3.05, 3.63) is 73.0 Å². The van der Waals surface area contributed by atoms with Gasteiger partial charge in [-0.1, -0.05) is 60.8 Å². The summed E-state index contributed by atoms with van der Waals surface area (Å²) in [5, 5.41) is 0. The van der Waals surface area contributed by atoms with E-state index in [1.165, 1.54) is 0 Å². The number of nitrogens with zero attached hydrogens (tertiary/aromatic N) is 1. The SMILES string of the molecule is CC=CC=CC=CCC=NC=CC=CC=CC. The maximum absolute atomic E-state index is 4.13. The lowest BCUT2D eigenvalue weighted by molar-refractivity contribution is 1.47. The van der Waals surface area contributed by atoms with Gasteiger partial charge in [0.25, 0.3) is 0 Å². The van der Waals surface area contributed by atoms with E-state index in [9.17, 15) is 0 Å². The minimum atomic E-state index is 0.850. The van der Waals surface area contributed by atoms with Crippen LogP contribution in [-0.4, -0.2) is 6.21 Å². The molecule has 0 unspecified atom stereocenters. The van der Waals surface area contributed by atoms with Gasteiger partial charge in [-0.15, -0.1) is 0 Å². The monoisotopic (exact) mass is 227 g/mol. The number of allylic oxidation sites excluding steroid dienone is 11. The molecule has 0 atom stereocenters. The molecule has 17 heavy (non-hydrogen) atoms. The van der Waals surface area contributed by atoms with Crippen molar-refractivity contribution in [1.82, 2.24) is 0 Å². The maximum Gasteiger partial charge on any atom is 0.0263 e. The van der Waals surface area contributed by atoms with Crippen LogP contribution in [0.2, 0.25) is 0 Å². The molecule has 0 spiro atoms. The molecule has 0 N–H and O–H groups in total. The van der Waals surface area contributed by atoms with E-state index in [1.54, 1.807) is 6.20 Å². The van der Waals surface area contributed by atoms with Crippen molar-refractivity contribution < 1.29 is 0 Å². The van der Waals surface area contributed by atoms with Gasteiger partial charge >= 0.3 is 0 Å². The third kappa shape index (κ3) is 14.1. The van der Waals surface area contributed by atoms with Crippen LogP contribution < -0.4 is 0 Å². The van der Waals surface area contributed by atoms with Gasteiger partial charge in [-0.05, 0) is 19.9 Å². The Bertz CT molecular complexity index is 350. The summed E-state index contributed by atoms with van der Waals surface area (Å²) in [6.07, 6.45) is 26.4. The van der Waals surface area contributed by atoms with Crippen molar-refractivity contribution in [2.24, 2.45) is 4.99 Å². The molecule has 1 nitrogen and oxygen atoms in total. The molecule has 0 aromatic carbocycles. The molecule has 0 saturated carbocycles. The topological polar surface area (TPSA) is 12.4 Å². The zero-order valence-electron chi connectivity index (χ0n) is 10.7. The zero-order chi connectivity index (χ0) is 12.6. The molecule has 0 saturated heterocycles. The fraction of sp³-hybridized carbons (Fsp3) is 0.188. The lowest BCUT2D eigenvalue weighted by Crippen LogP contribution is -1.66. The van der Waals surface area contributed by atoms with Crippen molar-refractivity contribution in [2.45, 2.75) is 20.3 Å². The van der Waals surface area contributed by atoms with E-state index >= 15 is 0 Å². The Morgan fingerprint density at radius 2 is 1.29 bits per heavy atom. The molecule has 0 aromatic heterocycles. The Hall–Kier alpha value is -1.89. The maximum atomic E-state index is 4.13. The number of rotatable bonds is 7. The second-order valence-corrected chi connectivity index (χ2v) is 3.16. The van der Waals surface area contributed by atoms with Crippen LogP contribution in [0, 0.1) is 0 Å². The predicted molar refractivity (Wildman–Crippen MR) is 79.3 cm³/mol. The Balaban J connectivity index is 3.67. The van der Waals surface area contributed by atoms with E-state index in [2.05, 4.69) is 11.1 Å². The van der Waals surface area contributed by atoms with Crippen LogP contribution in [0.5, 0.6) is 0 Å². The summed E-state index contributed by atoms with van der Waals surface area (Å²) >= 11 is 0. The number of hydrogen-bond acceptors (Lipinski definition) is 1. The minimum Gasteiger partial charge on any atom is -0.269 e. The van der Waals surface area contributed by atoms with Crippen LogP contribution in [0.4, 0.5) is 0 Å². The highest BCUT2D eigenvalue weighted by Gasteiger charge is 1.68. The van der Waals surface area contributed by atoms with Crippen LogP contribution in [0.3, 0.4) is 0 Å². The first-order valence-corrected chi connectivity index (χ1v) is 5.82. The van der Waals surface area contributed by atoms with Gasteiger partial charge < -0.3 is 0 Å². The highest BCUT2D eigenvalue weighted by Crippen LogP contribution is 1.85. The average molecular weight is 227 g/mol. The fourth-order valence-electron chi connectivity index (χ4n) is 0.918. The van der Waals surface area contributed by atoms with Crippen molar-refractivity contribution in [2.75, 3.05) is 0 Å². The van der Waals surface area contributed by atoms with Crippen molar-refractivity contribution in [1.29, 1.82) is 0 Å². The summed E-state index contributed by atoms with van der Waals surface area (Å²) < 4.78 is 0. The van der Waals surface area contributed by atoms with Gasteiger partial charge in [-0.3, -0.25) is 4.99 Å². The molecule has 0 bridgehead atoms. The molecule has 0 rings (SSSR count). The molecule has 0 aliphatic heterocycles. The Morgan fingerprint density at radius 3 is 1.94 bits per heavy atom. The quantitative estimate of drug-likeness (QED) is 0.438. The molecular weight excluding hydrogens is 206 g/mol. The van der Waals surface area contributed by atoms with Gasteiger partial charge in [0.05, 0.1) is 0 Å². The zero-order valence-corrected chi connectivity index (χ0v) is 10.7. The molecular formula is C16H21N. The summed E-state index contributed by atoms with van der Waals surface area (Å²) in [4.78, 5) is 4.13. The van der Waals surface area contributed by atoms with E-state index in [4.69, 9.17) is 0 Å². The summed E-state index contributed by atoms with van der Waals surface area (Å²) in [5.74, 6) is 0. The van der Waals surface area contributed by atoms with Gasteiger partial charge in [0, 0.05) is 18.8 Å². The van der Waals surface area contributed by atoms with Gasteiger partial charge in [-0.25, -0.2) is 0 Å². The number of aliphatic imine (C=N–C) groups is 1. The molecule has 90 valence electrons. The number of hydrogen-bond donors (Lipinski definition) is 0. The predicted octanol–water partition coefficient (Wildman–Crippen LogP) is 4.78. The molecule has 0 amide bonds. The molecule has 1 heteroatoms. The van der Waals surface area contributed by atoms with Crippen LogP contribution in [0.15, 0.2) is 78.0 Å². The van der Waals surface area contributed by atoms with Crippen LogP contribution in [0.1, 0.15) is 20.3 Å². The lowest BCUT2D eigenvalue weighted by atomic mass is 10.3. The van der Waals surface area contributed by atoms with E-state index < -0.39 is 0 Å². The van der Waals surface area contributed by atoms with E-state index in [-0.39, 0.29) is 0 Å². The average Bonchev–Trinajstić information content (AvgIpc) is 2.35. The van der Waals surface area contributed by atoms with E-state index in [0.717, 1.165) is 6.42 Å². The van der Waals surface area contributed by atoms with E-state index in [0.29, 0.717) is 0 Å². The highest BCUT2D eigenvalue weighted by molar-refractivity contribution is 5.60. The van der Waals surface area contributed by atoms with Gasteiger partial charge in [-0.2, -0.15) is 0 Å². The van der Waals surface area contributed by atoms with Crippen LogP contribution >= 0.6 is 0 Å². The summed E-state index contributed by atoms with van der Waals surface area (Å²) in [6.45, 7) is 3.99. The third-order valence-electron chi connectivity index (χ3n) is 1.71. The van der Waals surface area contributed by atoms with Crippen LogP contribution in [0.25, 0.3) is 0 Å².